The fourth-order valence-electron chi connectivity index (χ4n) is 3.93. The molecule has 0 saturated carbocycles. The first-order chi connectivity index (χ1) is 21.0. The molecule has 210 valence electrons. The van der Waals surface area contributed by atoms with Gasteiger partial charge in [-0.05, 0) is 62.9 Å². The first-order valence-corrected chi connectivity index (χ1v) is 13.0. The number of hydrogen-bond donors (Lipinski definition) is 2. The lowest BCUT2D eigenvalue weighted by atomic mass is 10.1. The van der Waals surface area contributed by atoms with Gasteiger partial charge < -0.3 is 25.0 Å². The van der Waals surface area contributed by atoms with Crippen LogP contribution in [0, 0.1) is 17.1 Å². The Kier molecular flexibility index (Phi) is 8.41. The number of nitriles is 1. The molecule has 0 radical (unpaired) electrons. The Labute approximate surface area is 247 Å². The number of fused-ring (bicyclic) bond motifs is 1. The number of benzene rings is 3. The summed E-state index contributed by atoms with van der Waals surface area (Å²) in [6.07, 6.45) is 4.12. The molecule has 1 aromatic heterocycles. The minimum atomic E-state index is -2.28. The average molecular weight is 577 g/mol. The fraction of sp³-hybridized carbons (Fsp3) is 0.194. The number of amides is 1. The van der Waals surface area contributed by atoms with Crippen LogP contribution in [-0.4, -0.2) is 43.0 Å². The molecule has 0 bridgehead atoms. The van der Waals surface area contributed by atoms with E-state index in [-0.39, 0.29) is 24.5 Å². The third-order valence-corrected chi connectivity index (χ3v) is 6.08. The van der Waals surface area contributed by atoms with Crippen molar-refractivity contribution >= 4 is 45.5 Å². The molecule has 8 nitrogen and oxygen atoms in total. The highest BCUT2D eigenvalue weighted by atomic mass is 35.5. The standard InChI is InChI=1S/C31H29ClFN5O3/c1-4-40-29-16-26-24(15-27(29)37-30(39)9-6-12-38(2)3)31(21(17-34)18-35-26)36-23-10-11-28(25(32)14-23)41-19-20-7-5-8-22(33)13-20/h5-11,13-16,18H,4,12,19H2,1-3H3,(H,35,36)(H,37,39)/i2D3. The van der Waals surface area contributed by atoms with Crippen LogP contribution in [0.25, 0.3) is 10.9 Å². The average Bonchev–Trinajstić information content (AvgIpc) is 2.97. The van der Waals surface area contributed by atoms with Crippen molar-refractivity contribution in [3.63, 3.8) is 0 Å². The number of ether oxygens (including phenoxy) is 2. The number of carbonyl (C=O) groups is 1. The lowest BCUT2D eigenvalue weighted by molar-refractivity contribution is -0.111. The predicted molar refractivity (Wildman–Crippen MR) is 159 cm³/mol. The number of nitrogens with zero attached hydrogens (tertiary/aromatic N) is 3. The second kappa shape index (κ2) is 13.6. The summed E-state index contributed by atoms with van der Waals surface area (Å²) in [5.74, 6) is -0.0943. The van der Waals surface area contributed by atoms with Crippen molar-refractivity contribution in [2.45, 2.75) is 13.5 Å². The maximum Gasteiger partial charge on any atom is 0.248 e. The van der Waals surface area contributed by atoms with Crippen molar-refractivity contribution in [3.8, 4) is 17.6 Å². The van der Waals surface area contributed by atoms with E-state index in [2.05, 4.69) is 21.7 Å². The minimum Gasteiger partial charge on any atom is -0.492 e. The normalized spacial score (nSPS) is 12.4. The number of nitrogens with one attached hydrogen (secondary N) is 2. The van der Waals surface area contributed by atoms with Gasteiger partial charge in [0.1, 0.15) is 30.0 Å². The SMILES string of the molecule is [2H]C([2H])([2H])N(C)CC=CC(=O)Nc1cc2c(Nc3ccc(OCc4cccc(F)c4)c(Cl)c3)c(C#N)cnc2cc1OCC. The third kappa shape index (κ3) is 7.72. The highest BCUT2D eigenvalue weighted by Crippen LogP contribution is 2.37. The van der Waals surface area contributed by atoms with E-state index < -0.39 is 12.9 Å². The van der Waals surface area contributed by atoms with E-state index in [4.69, 9.17) is 25.2 Å². The molecule has 0 aliphatic rings. The van der Waals surface area contributed by atoms with Gasteiger partial charge in [0.05, 0.1) is 34.1 Å². The molecular formula is C31H29ClFN5O3. The topological polar surface area (TPSA) is 99.5 Å². The van der Waals surface area contributed by atoms with Crippen molar-refractivity contribution in [3.05, 3.63) is 94.9 Å². The Morgan fingerprint density at radius 2 is 2.07 bits per heavy atom. The first-order valence-electron chi connectivity index (χ1n) is 14.1. The number of likely N-dealkylation sites (N-methyl/N-ethyl adjacent to an activating group) is 1. The summed E-state index contributed by atoms with van der Waals surface area (Å²) >= 11 is 6.49. The molecule has 2 N–H and O–H groups in total. The van der Waals surface area contributed by atoms with Gasteiger partial charge in [0.2, 0.25) is 5.91 Å². The highest BCUT2D eigenvalue weighted by Gasteiger charge is 2.16. The zero-order valence-electron chi connectivity index (χ0n) is 25.4. The Balaban J connectivity index is 1.61. The van der Waals surface area contributed by atoms with Crippen molar-refractivity contribution in [1.29, 1.82) is 5.26 Å². The third-order valence-electron chi connectivity index (χ3n) is 5.78. The molecular weight excluding hydrogens is 545 g/mol. The molecule has 0 spiro atoms. The van der Waals surface area contributed by atoms with Gasteiger partial charge in [0, 0.05) is 40.1 Å². The van der Waals surface area contributed by atoms with Gasteiger partial charge in [-0.2, -0.15) is 5.26 Å². The summed E-state index contributed by atoms with van der Waals surface area (Å²) in [5, 5.41) is 16.7. The van der Waals surface area contributed by atoms with Crippen LogP contribution in [0.3, 0.4) is 0 Å². The molecule has 4 rings (SSSR count). The molecule has 0 unspecified atom stereocenters. The van der Waals surface area contributed by atoms with Gasteiger partial charge in [-0.1, -0.05) is 29.8 Å². The molecule has 0 saturated heterocycles. The van der Waals surface area contributed by atoms with Crippen molar-refractivity contribution in [2.24, 2.45) is 0 Å². The summed E-state index contributed by atoms with van der Waals surface area (Å²) in [7, 11) is 1.43. The van der Waals surface area contributed by atoms with Gasteiger partial charge in [-0.3, -0.25) is 9.78 Å². The Bertz CT molecular complexity index is 1740. The van der Waals surface area contributed by atoms with Crippen LogP contribution < -0.4 is 20.1 Å². The van der Waals surface area contributed by atoms with E-state index in [1.165, 1.54) is 37.5 Å². The molecule has 0 aliphatic carbocycles. The highest BCUT2D eigenvalue weighted by molar-refractivity contribution is 6.32. The predicted octanol–water partition coefficient (Wildman–Crippen LogP) is 6.68. The van der Waals surface area contributed by atoms with Crippen molar-refractivity contribution < 1.29 is 22.8 Å². The van der Waals surface area contributed by atoms with Gasteiger partial charge in [0.15, 0.2) is 0 Å². The Morgan fingerprint density at radius 1 is 1.22 bits per heavy atom. The second-order valence-corrected chi connectivity index (χ2v) is 9.33. The molecule has 1 amide bonds. The van der Waals surface area contributed by atoms with Crippen molar-refractivity contribution in [2.75, 3.05) is 37.8 Å². The maximum atomic E-state index is 13.5. The molecule has 10 heteroatoms. The lowest BCUT2D eigenvalue weighted by Gasteiger charge is -2.16. The second-order valence-electron chi connectivity index (χ2n) is 8.92. The number of rotatable bonds is 11. The van der Waals surface area contributed by atoms with E-state index in [1.807, 2.05) is 0 Å². The quantitative estimate of drug-likeness (QED) is 0.192. The summed E-state index contributed by atoms with van der Waals surface area (Å²) in [6.45, 7) is 0.00695. The fourth-order valence-corrected chi connectivity index (χ4v) is 4.17. The molecule has 3 aromatic carbocycles. The Morgan fingerprint density at radius 3 is 2.80 bits per heavy atom. The van der Waals surface area contributed by atoms with E-state index in [9.17, 15) is 14.4 Å². The number of halogens is 2. The number of aromatic nitrogens is 1. The maximum absolute atomic E-state index is 13.5. The first kappa shape index (κ1) is 25.3. The number of pyridine rings is 1. The van der Waals surface area contributed by atoms with Crippen LogP contribution >= 0.6 is 11.6 Å². The van der Waals surface area contributed by atoms with Crippen LogP contribution in [0.2, 0.25) is 5.02 Å². The lowest BCUT2D eigenvalue weighted by Crippen LogP contribution is -2.13. The molecule has 0 fully saturated rings. The summed E-state index contributed by atoms with van der Waals surface area (Å²) in [4.78, 5) is 18.2. The van der Waals surface area contributed by atoms with Crippen molar-refractivity contribution in [1.82, 2.24) is 9.88 Å². The largest absolute Gasteiger partial charge is 0.492 e. The van der Waals surface area contributed by atoms with Gasteiger partial charge >= 0.3 is 0 Å². The van der Waals surface area contributed by atoms with Gasteiger partial charge in [-0.25, -0.2) is 4.39 Å². The number of carbonyl (C=O) groups excluding carboxylic acids is 1. The Hall–Kier alpha value is -4.65. The molecule has 0 atom stereocenters. The summed E-state index contributed by atoms with van der Waals surface area (Å²) in [6, 6.07) is 16.5. The molecule has 4 aromatic rings. The van der Waals surface area contributed by atoms with Crippen LogP contribution in [0.4, 0.5) is 21.5 Å². The molecule has 41 heavy (non-hydrogen) atoms. The van der Waals surface area contributed by atoms with E-state index in [0.717, 1.165) is 4.90 Å². The van der Waals surface area contributed by atoms with Gasteiger partial charge in [0.25, 0.3) is 0 Å². The zero-order valence-corrected chi connectivity index (χ0v) is 23.1. The summed E-state index contributed by atoms with van der Waals surface area (Å²) in [5.41, 5.74) is 2.71. The monoisotopic (exact) mass is 576 g/mol. The summed E-state index contributed by atoms with van der Waals surface area (Å²) < 4.78 is 47.3. The molecule has 1 heterocycles. The zero-order chi connectivity index (χ0) is 31.9. The van der Waals surface area contributed by atoms with E-state index >= 15 is 0 Å². The van der Waals surface area contributed by atoms with Crippen LogP contribution in [0.15, 0.2) is 72.9 Å². The number of hydrogen-bond acceptors (Lipinski definition) is 7. The van der Waals surface area contributed by atoms with Crippen LogP contribution in [-0.2, 0) is 11.4 Å². The van der Waals surface area contributed by atoms with Crippen LogP contribution in [0.5, 0.6) is 11.5 Å². The van der Waals surface area contributed by atoms with E-state index in [1.54, 1.807) is 49.4 Å². The van der Waals surface area contributed by atoms with Gasteiger partial charge in [-0.15, -0.1) is 0 Å². The van der Waals surface area contributed by atoms with Crippen LogP contribution in [0.1, 0.15) is 22.2 Å². The molecule has 0 aliphatic heterocycles. The minimum absolute atomic E-state index is 0.0423. The smallest absolute Gasteiger partial charge is 0.248 e. The number of anilines is 3. The van der Waals surface area contributed by atoms with E-state index in [0.29, 0.717) is 56.7 Å².